The summed E-state index contributed by atoms with van der Waals surface area (Å²) in [7, 11) is 0. The topological polar surface area (TPSA) is 23.6 Å². The molecule has 0 unspecified atom stereocenters. The zero-order valence-corrected chi connectivity index (χ0v) is 13.8. The van der Waals surface area contributed by atoms with E-state index in [2.05, 4.69) is 0 Å². The summed E-state index contributed by atoms with van der Waals surface area (Å²) in [5, 5.41) is 0. The summed E-state index contributed by atoms with van der Waals surface area (Å²) in [6.07, 6.45) is 3.49. The molecule has 0 atom stereocenters. The minimum absolute atomic E-state index is 0.00596. The normalized spacial score (nSPS) is 15.1. The third-order valence-electron chi connectivity index (χ3n) is 4.38. The fraction of sp³-hybridized carbons (Fsp3) is 0.250. The molecule has 1 fully saturated rings. The zero-order chi connectivity index (χ0) is 16.9. The Bertz CT molecular complexity index is 749. The molecule has 3 nitrogen and oxygen atoms in total. The molecule has 1 amide bonds. The van der Waals surface area contributed by atoms with Crippen LogP contribution >= 0.6 is 0 Å². The van der Waals surface area contributed by atoms with Gasteiger partial charge >= 0.3 is 0 Å². The molecular weight excluding hydrogens is 303 g/mol. The standard InChI is InChI=1S/C20H21FN2O/c1-16-6-2-3-7-17(16)10-11-20(24)23-14-12-22(13-15-23)19-9-5-4-8-18(19)21/h2-11H,12-15H2,1H3/b11-10+. The molecule has 0 radical (unpaired) electrons. The Kier molecular flexibility index (Phi) is 4.94. The highest BCUT2D eigenvalue weighted by Crippen LogP contribution is 2.20. The van der Waals surface area contributed by atoms with Crippen LogP contribution in [-0.4, -0.2) is 37.0 Å². The van der Waals surface area contributed by atoms with Gasteiger partial charge in [-0.25, -0.2) is 4.39 Å². The Morgan fingerprint density at radius 2 is 1.67 bits per heavy atom. The maximum atomic E-state index is 13.8. The molecular formula is C20H21FN2O. The van der Waals surface area contributed by atoms with Crippen molar-refractivity contribution in [3.05, 3.63) is 71.6 Å². The molecule has 124 valence electrons. The van der Waals surface area contributed by atoms with E-state index in [0.29, 0.717) is 31.9 Å². The van der Waals surface area contributed by atoms with Crippen molar-refractivity contribution in [2.45, 2.75) is 6.92 Å². The Balaban J connectivity index is 1.59. The lowest BCUT2D eigenvalue weighted by Crippen LogP contribution is -2.48. The van der Waals surface area contributed by atoms with Crippen LogP contribution < -0.4 is 4.90 Å². The van der Waals surface area contributed by atoms with Gasteiger partial charge in [-0.2, -0.15) is 0 Å². The second-order valence-electron chi connectivity index (χ2n) is 5.95. The van der Waals surface area contributed by atoms with Crippen molar-refractivity contribution in [2.24, 2.45) is 0 Å². The van der Waals surface area contributed by atoms with E-state index in [1.165, 1.54) is 6.07 Å². The minimum Gasteiger partial charge on any atom is -0.366 e. The van der Waals surface area contributed by atoms with Crippen molar-refractivity contribution in [1.82, 2.24) is 4.90 Å². The molecule has 0 spiro atoms. The van der Waals surface area contributed by atoms with Gasteiger partial charge in [0.2, 0.25) is 5.91 Å². The minimum atomic E-state index is -0.211. The lowest BCUT2D eigenvalue weighted by Gasteiger charge is -2.35. The summed E-state index contributed by atoms with van der Waals surface area (Å²) in [6.45, 7) is 4.52. The third-order valence-corrected chi connectivity index (χ3v) is 4.38. The summed E-state index contributed by atoms with van der Waals surface area (Å²) in [6, 6.07) is 14.7. The van der Waals surface area contributed by atoms with E-state index in [4.69, 9.17) is 0 Å². The Hall–Kier alpha value is -2.62. The van der Waals surface area contributed by atoms with Gasteiger partial charge in [-0.05, 0) is 36.3 Å². The van der Waals surface area contributed by atoms with Crippen molar-refractivity contribution in [3.8, 4) is 0 Å². The number of halogens is 1. The number of carbonyl (C=O) groups excluding carboxylic acids is 1. The number of para-hydroxylation sites is 1. The smallest absolute Gasteiger partial charge is 0.246 e. The molecule has 24 heavy (non-hydrogen) atoms. The van der Waals surface area contributed by atoms with Crippen LogP contribution in [0.5, 0.6) is 0 Å². The molecule has 0 aromatic heterocycles. The Labute approximate surface area is 142 Å². The number of aryl methyl sites for hydroxylation is 1. The Morgan fingerprint density at radius 3 is 2.38 bits per heavy atom. The lowest BCUT2D eigenvalue weighted by molar-refractivity contribution is -0.126. The van der Waals surface area contributed by atoms with Gasteiger partial charge in [0.25, 0.3) is 0 Å². The number of hydrogen-bond acceptors (Lipinski definition) is 2. The predicted octanol–water partition coefficient (Wildman–Crippen LogP) is 3.50. The summed E-state index contributed by atoms with van der Waals surface area (Å²) < 4.78 is 13.8. The molecule has 0 aliphatic carbocycles. The van der Waals surface area contributed by atoms with Crippen molar-refractivity contribution >= 4 is 17.7 Å². The van der Waals surface area contributed by atoms with E-state index in [1.807, 2.05) is 53.1 Å². The molecule has 3 rings (SSSR count). The summed E-state index contributed by atoms with van der Waals surface area (Å²) >= 11 is 0. The van der Waals surface area contributed by atoms with Gasteiger partial charge in [0.15, 0.2) is 0 Å². The monoisotopic (exact) mass is 324 g/mol. The summed E-state index contributed by atoms with van der Waals surface area (Å²) in [4.78, 5) is 16.1. The van der Waals surface area contributed by atoms with E-state index >= 15 is 0 Å². The SMILES string of the molecule is Cc1ccccc1/C=C/C(=O)N1CCN(c2ccccc2F)CC1. The number of piperazine rings is 1. The van der Waals surface area contributed by atoms with E-state index in [9.17, 15) is 9.18 Å². The van der Waals surface area contributed by atoms with Crippen LogP contribution in [0.4, 0.5) is 10.1 Å². The first-order chi connectivity index (χ1) is 11.6. The van der Waals surface area contributed by atoms with Gasteiger partial charge in [-0.15, -0.1) is 0 Å². The molecule has 1 aliphatic heterocycles. The predicted molar refractivity (Wildman–Crippen MR) is 95.4 cm³/mol. The molecule has 0 saturated carbocycles. The highest BCUT2D eigenvalue weighted by molar-refractivity contribution is 5.92. The van der Waals surface area contributed by atoms with Crippen molar-refractivity contribution < 1.29 is 9.18 Å². The molecule has 1 heterocycles. The van der Waals surface area contributed by atoms with Crippen LogP contribution in [-0.2, 0) is 4.79 Å². The molecule has 2 aromatic rings. The van der Waals surface area contributed by atoms with E-state index in [-0.39, 0.29) is 11.7 Å². The van der Waals surface area contributed by atoms with Crippen molar-refractivity contribution in [1.29, 1.82) is 0 Å². The van der Waals surface area contributed by atoms with Crippen molar-refractivity contribution in [2.75, 3.05) is 31.1 Å². The van der Waals surface area contributed by atoms with Crippen LogP contribution in [0.15, 0.2) is 54.6 Å². The fourth-order valence-electron chi connectivity index (χ4n) is 2.92. The average molecular weight is 324 g/mol. The van der Waals surface area contributed by atoms with Crippen molar-refractivity contribution in [3.63, 3.8) is 0 Å². The summed E-state index contributed by atoms with van der Waals surface area (Å²) in [5.74, 6) is -0.205. The average Bonchev–Trinajstić information content (AvgIpc) is 2.61. The van der Waals surface area contributed by atoms with Crippen LogP contribution in [0.1, 0.15) is 11.1 Å². The van der Waals surface area contributed by atoms with Gasteiger partial charge in [0.1, 0.15) is 5.82 Å². The number of amides is 1. The Morgan fingerprint density at radius 1 is 1.00 bits per heavy atom. The zero-order valence-electron chi connectivity index (χ0n) is 13.8. The number of rotatable bonds is 3. The highest BCUT2D eigenvalue weighted by atomic mass is 19.1. The van der Waals surface area contributed by atoms with Gasteiger partial charge in [-0.1, -0.05) is 36.4 Å². The van der Waals surface area contributed by atoms with E-state index in [0.717, 1.165) is 11.1 Å². The summed E-state index contributed by atoms with van der Waals surface area (Å²) in [5.41, 5.74) is 2.81. The van der Waals surface area contributed by atoms with E-state index < -0.39 is 0 Å². The first-order valence-corrected chi connectivity index (χ1v) is 8.17. The van der Waals surface area contributed by atoms with Gasteiger partial charge in [0.05, 0.1) is 5.69 Å². The number of benzene rings is 2. The number of hydrogen-bond donors (Lipinski definition) is 0. The molecule has 4 heteroatoms. The van der Waals surface area contributed by atoms with Crippen LogP contribution in [0, 0.1) is 12.7 Å². The maximum absolute atomic E-state index is 13.8. The molecule has 1 aliphatic rings. The van der Waals surface area contributed by atoms with Gasteiger partial charge < -0.3 is 9.80 Å². The van der Waals surface area contributed by atoms with E-state index in [1.54, 1.807) is 18.2 Å². The van der Waals surface area contributed by atoms with Crippen LogP contribution in [0.2, 0.25) is 0 Å². The first kappa shape index (κ1) is 16.2. The molecule has 2 aromatic carbocycles. The quantitative estimate of drug-likeness (QED) is 0.807. The fourth-order valence-corrected chi connectivity index (χ4v) is 2.92. The molecule has 1 saturated heterocycles. The van der Waals surface area contributed by atoms with Gasteiger partial charge in [0, 0.05) is 32.3 Å². The lowest BCUT2D eigenvalue weighted by atomic mass is 10.1. The van der Waals surface area contributed by atoms with Crippen LogP contribution in [0.3, 0.4) is 0 Å². The number of anilines is 1. The third kappa shape index (κ3) is 3.65. The highest BCUT2D eigenvalue weighted by Gasteiger charge is 2.21. The second kappa shape index (κ2) is 7.30. The van der Waals surface area contributed by atoms with Crippen LogP contribution in [0.25, 0.3) is 6.08 Å². The number of nitrogens with zero attached hydrogens (tertiary/aromatic N) is 2. The maximum Gasteiger partial charge on any atom is 0.246 e. The largest absolute Gasteiger partial charge is 0.366 e. The van der Waals surface area contributed by atoms with Gasteiger partial charge in [-0.3, -0.25) is 4.79 Å². The molecule has 0 N–H and O–H groups in total. The molecule has 0 bridgehead atoms. The second-order valence-corrected chi connectivity index (χ2v) is 5.95. The number of carbonyl (C=O) groups is 1. The first-order valence-electron chi connectivity index (χ1n) is 8.17.